The van der Waals surface area contributed by atoms with Crippen LogP contribution in [0.5, 0.6) is 0 Å². The van der Waals surface area contributed by atoms with E-state index < -0.39 is 0 Å². The topological polar surface area (TPSA) is 29.3 Å². The molecule has 1 aliphatic rings. The summed E-state index contributed by atoms with van der Waals surface area (Å²) in [6.07, 6.45) is 2.34. The van der Waals surface area contributed by atoms with Crippen molar-refractivity contribution < 1.29 is 0 Å². The minimum atomic E-state index is 0.166. The average molecular weight is 260 g/mol. The number of rotatable bonds is 1. The van der Waals surface area contributed by atoms with E-state index in [1.165, 1.54) is 23.1 Å². The van der Waals surface area contributed by atoms with Gasteiger partial charge in [-0.25, -0.2) is 0 Å². The van der Waals surface area contributed by atoms with Crippen LogP contribution < -0.4 is 5.73 Å². The molecule has 2 N–H and O–H groups in total. The molecule has 1 aromatic rings. The number of piperidine rings is 1. The molecule has 1 heterocycles. The van der Waals surface area contributed by atoms with Crippen LogP contribution in [0, 0.1) is 13.8 Å². The van der Waals surface area contributed by atoms with Gasteiger partial charge in [0.15, 0.2) is 0 Å². The first-order valence-corrected chi connectivity index (χ1v) is 7.40. The van der Waals surface area contributed by atoms with E-state index in [2.05, 4.69) is 57.7 Å². The molecule has 2 nitrogen and oxygen atoms in total. The van der Waals surface area contributed by atoms with Crippen LogP contribution in [-0.2, 0) is 0 Å². The Labute approximate surface area is 118 Å². The van der Waals surface area contributed by atoms with Crippen molar-refractivity contribution in [3.8, 4) is 0 Å². The van der Waals surface area contributed by atoms with E-state index in [0.29, 0.717) is 6.04 Å². The molecule has 1 aliphatic heterocycles. The summed E-state index contributed by atoms with van der Waals surface area (Å²) in [5, 5.41) is 0. The number of benzene rings is 1. The normalized spacial score (nSPS) is 25.6. The molecule has 0 amide bonds. The molecule has 0 radical (unpaired) electrons. The van der Waals surface area contributed by atoms with Gasteiger partial charge in [0.1, 0.15) is 0 Å². The highest BCUT2D eigenvalue weighted by molar-refractivity contribution is 5.34. The van der Waals surface area contributed by atoms with Gasteiger partial charge in [0.2, 0.25) is 0 Å². The lowest BCUT2D eigenvalue weighted by molar-refractivity contribution is 0.0381. The molecule has 0 spiro atoms. The molecule has 0 saturated carbocycles. The number of likely N-dealkylation sites (tertiary alicyclic amines) is 1. The monoisotopic (exact) mass is 260 g/mol. The molecule has 1 saturated heterocycles. The molecular formula is C17H28N2. The number of hydrogen-bond donors (Lipinski definition) is 1. The Bertz CT molecular complexity index is 445. The zero-order chi connectivity index (χ0) is 14.2. The predicted molar refractivity (Wildman–Crippen MR) is 82.3 cm³/mol. The van der Waals surface area contributed by atoms with Gasteiger partial charge >= 0.3 is 0 Å². The maximum absolute atomic E-state index is 6.48. The third kappa shape index (κ3) is 3.01. The number of nitrogens with two attached hydrogens (primary N) is 1. The van der Waals surface area contributed by atoms with Crippen molar-refractivity contribution in [2.45, 2.75) is 65.1 Å². The Balaban J connectivity index is 2.45. The van der Waals surface area contributed by atoms with Gasteiger partial charge < -0.3 is 5.73 Å². The van der Waals surface area contributed by atoms with Gasteiger partial charge in [-0.1, -0.05) is 23.8 Å². The molecule has 2 atom stereocenters. The van der Waals surface area contributed by atoms with Crippen molar-refractivity contribution in [3.63, 3.8) is 0 Å². The lowest BCUT2D eigenvalue weighted by Gasteiger charge is -2.48. The fourth-order valence-corrected chi connectivity index (χ4v) is 3.26. The first-order valence-electron chi connectivity index (χ1n) is 7.40. The zero-order valence-corrected chi connectivity index (χ0v) is 13.0. The molecule has 1 fully saturated rings. The maximum Gasteiger partial charge on any atom is 0.0507 e. The molecule has 2 unspecified atom stereocenters. The van der Waals surface area contributed by atoms with Crippen molar-refractivity contribution >= 4 is 0 Å². The molecular weight excluding hydrogens is 232 g/mol. The summed E-state index contributed by atoms with van der Waals surface area (Å²) in [6.45, 7) is 12.4. The Morgan fingerprint density at radius 2 is 1.89 bits per heavy atom. The quantitative estimate of drug-likeness (QED) is 0.836. The van der Waals surface area contributed by atoms with Gasteiger partial charge in [-0.15, -0.1) is 0 Å². The highest BCUT2D eigenvalue weighted by atomic mass is 15.2. The second kappa shape index (κ2) is 5.26. The Kier molecular flexibility index (Phi) is 4.03. The fourth-order valence-electron chi connectivity index (χ4n) is 3.26. The summed E-state index contributed by atoms with van der Waals surface area (Å²) in [6, 6.07) is 7.34. The summed E-state index contributed by atoms with van der Waals surface area (Å²) in [7, 11) is 0. The zero-order valence-electron chi connectivity index (χ0n) is 13.0. The summed E-state index contributed by atoms with van der Waals surface area (Å²) >= 11 is 0. The molecule has 2 rings (SSSR count). The fraction of sp³-hybridized carbons (Fsp3) is 0.647. The van der Waals surface area contributed by atoms with Crippen LogP contribution in [0.15, 0.2) is 18.2 Å². The molecule has 0 bridgehead atoms. The van der Waals surface area contributed by atoms with Crippen molar-refractivity contribution in [2.24, 2.45) is 5.73 Å². The Morgan fingerprint density at radius 1 is 1.21 bits per heavy atom. The van der Waals surface area contributed by atoms with Crippen molar-refractivity contribution in [1.29, 1.82) is 0 Å². The van der Waals surface area contributed by atoms with Gasteiger partial charge in [0, 0.05) is 11.6 Å². The van der Waals surface area contributed by atoms with Gasteiger partial charge in [-0.05, 0) is 65.1 Å². The Morgan fingerprint density at radius 3 is 2.53 bits per heavy atom. The standard InChI is InChI=1S/C17H28N2/c1-12-8-9-13(2)14(11-12)16-15(18)7-6-10-19(16)17(3,4)5/h8-9,11,15-16H,6-7,10,18H2,1-5H3. The van der Waals surface area contributed by atoms with Crippen LogP contribution in [0.3, 0.4) is 0 Å². The van der Waals surface area contributed by atoms with Crippen LogP contribution in [0.4, 0.5) is 0 Å². The molecule has 106 valence electrons. The van der Waals surface area contributed by atoms with E-state index >= 15 is 0 Å². The van der Waals surface area contributed by atoms with Crippen molar-refractivity contribution in [2.75, 3.05) is 6.54 Å². The molecule has 2 heteroatoms. The van der Waals surface area contributed by atoms with Crippen molar-refractivity contribution in [1.82, 2.24) is 4.90 Å². The van der Waals surface area contributed by atoms with Crippen LogP contribution in [0.25, 0.3) is 0 Å². The van der Waals surface area contributed by atoms with E-state index in [4.69, 9.17) is 5.73 Å². The van der Waals surface area contributed by atoms with E-state index in [9.17, 15) is 0 Å². The maximum atomic E-state index is 6.48. The second-order valence-electron chi connectivity index (χ2n) is 6.98. The van der Waals surface area contributed by atoms with Crippen LogP contribution in [-0.4, -0.2) is 23.0 Å². The SMILES string of the molecule is Cc1ccc(C)c(C2C(N)CCCN2C(C)(C)C)c1. The summed E-state index contributed by atoms with van der Waals surface area (Å²) in [5.74, 6) is 0. The van der Waals surface area contributed by atoms with E-state index in [-0.39, 0.29) is 11.6 Å². The molecule has 19 heavy (non-hydrogen) atoms. The predicted octanol–water partition coefficient (Wildman–Crippen LogP) is 3.57. The lowest BCUT2D eigenvalue weighted by atomic mass is 9.84. The van der Waals surface area contributed by atoms with Gasteiger partial charge in [0.05, 0.1) is 6.04 Å². The second-order valence-corrected chi connectivity index (χ2v) is 6.98. The average Bonchev–Trinajstić information content (AvgIpc) is 2.31. The van der Waals surface area contributed by atoms with Gasteiger partial charge in [0.25, 0.3) is 0 Å². The van der Waals surface area contributed by atoms with Crippen LogP contribution in [0.1, 0.15) is 56.3 Å². The summed E-state index contributed by atoms with van der Waals surface area (Å²) < 4.78 is 0. The van der Waals surface area contributed by atoms with Crippen molar-refractivity contribution in [3.05, 3.63) is 34.9 Å². The highest BCUT2D eigenvalue weighted by Crippen LogP contribution is 2.37. The van der Waals surface area contributed by atoms with Gasteiger partial charge in [-0.2, -0.15) is 0 Å². The van der Waals surface area contributed by atoms with Crippen LogP contribution >= 0.6 is 0 Å². The smallest absolute Gasteiger partial charge is 0.0507 e. The van der Waals surface area contributed by atoms with E-state index in [1.807, 2.05) is 0 Å². The lowest BCUT2D eigenvalue weighted by Crippen LogP contribution is -2.53. The molecule has 0 aromatic heterocycles. The summed E-state index contributed by atoms with van der Waals surface area (Å²) in [5.41, 5.74) is 10.7. The number of aryl methyl sites for hydroxylation is 2. The first kappa shape index (κ1) is 14.5. The van der Waals surface area contributed by atoms with E-state index in [1.54, 1.807) is 0 Å². The van der Waals surface area contributed by atoms with Crippen LogP contribution in [0.2, 0.25) is 0 Å². The largest absolute Gasteiger partial charge is 0.326 e. The third-order valence-corrected chi connectivity index (χ3v) is 4.29. The molecule has 1 aromatic carbocycles. The van der Waals surface area contributed by atoms with Gasteiger partial charge in [-0.3, -0.25) is 4.90 Å². The number of nitrogens with zero attached hydrogens (tertiary/aromatic N) is 1. The minimum absolute atomic E-state index is 0.166. The first-order chi connectivity index (χ1) is 8.80. The third-order valence-electron chi connectivity index (χ3n) is 4.29. The summed E-state index contributed by atoms with van der Waals surface area (Å²) in [4.78, 5) is 2.59. The minimum Gasteiger partial charge on any atom is -0.326 e. The highest BCUT2D eigenvalue weighted by Gasteiger charge is 2.36. The Hall–Kier alpha value is -0.860. The number of hydrogen-bond acceptors (Lipinski definition) is 2. The van der Waals surface area contributed by atoms with E-state index in [0.717, 1.165) is 13.0 Å². The molecule has 0 aliphatic carbocycles.